The Morgan fingerprint density at radius 2 is 1.79 bits per heavy atom. The molecule has 174 valence electrons. The first-order valence-electron chi connectivity index (χ1n) is 11.6. The first kappa shape index (κ1) is 24.3. The molecule has 0 radical (unpaired) electrons. The number of fused-ring (bicyclic) bond motifs is 1. The lowest BCUT2D eigenvalue weighted by atomic mass is 10.1. The van der Waals surface area contributed by atoms with Gasteiger partial charge in [0, 0.05) is 17.2 Å². The quantitative estimate of drug-likeness (QED) is 0.220. The highest BCUT2D eigenvalue weighted by Gasteiger charge is 2.23. The molecule has 3 nitrogen and oxygen atoms in total. The van der Waals surface area contributed by atoms with E-state index in [0.29, 0.717) is 0 Å². The van der Waals surface area contributed by atoms with Crippen molar-refractivity contribution in [3.05, 3.63) is 101 Å². The van der Waals surface area contributed by atoms with Gasteiger partial charge in [0.2, 0.25) is 0 Å². The fourth-order valence-corrected chi connectivity index (χ4v) is 5.86. The average molecular weight is 487 g/mol. The van der Waals surface area contributed by atoms with Gasteiger partial charge in [-0.2, -0.15) is 0 Å². The molecule has 3 aromatic rings. The minimum atomic E-state index is 0.0699. The van der Waals surface area contributed by atoms with Crippen LogP contribution in [0.5, 0.6) is 5.75 Å². The van der Waals surface area contributed by atoms with E-state index in [4.69, 9.17) is 0 Å². The maximum absolute atomic E-state index is 11.7. The number of allylic oxidation sites excluding steroid dienone is 2. The number of nitrogens with zero attached hydrogens (tertiary/aromatic N) is 1. The van der Waals surface area contributed by atoms with Gasteiger partial charge in [0.1, 0.15) is 5.69 Å². The Morgan fingerprint density at radius 3 is 2.59 bits per heavy atom. The first-order valence-corrected chi connectivity index (χ1v) is 13.4. The molecule has 1 heterocycles. The summed E-state index contributed by atoms with van der Waals surface area (Å²) in [5, 5.41) is 15.0. The van der Waals surface area contributed by atoms with Crippen LogP contribution in [0, 0.1) is 0 Å². The van der Waals surface area contributed by atoms with E-state index >= 15 is 0 Å². The van der Waals surface area contributed by atoms with Crippen molar-refractivity contribution in [2.75, 3.05) is 23.7 Å². The SMILES string of the molecule is CC[NH2+]c1cc([O-])ccc1SCC=CC=C1Sc2cc(C=Cc3ccccc3)ccc2N1CC. The van der Waals surface area contributed by atoms with Gasteiger partial charge >= 0.3 is 0 Å². The van der Waals surface area contributed by atoms with Crippen molar-refractivity contribution in [1.82, 2.24) is 0 Å². The van der Waals surface area contributed by atoms with Crippen molar-refractivity contribution in [2.24, 2.45) is 0 Å². The third-order valence-corrected chi connectivity index (χ3v) is 7.61. The van der Waals surface area contributed by atoms with E-state index in [1.54, 1.807) is 23.9 Å². The zero-order chi connectivity index (χ0) is 23.8. The molecule has 0 spiro atoms. The maximum Gasteiger partial charge on any atom is 0.142 e. The molecule has 1 aliphatic heterocycles. The number of hydrogen-bond acceptors (Lipinski definition) is 4. The third-order valence-electron chi connectivity index (χ3n) is 5.45. The molecule has 0 aliphatic carbocycles. The molecule has 0 saturated carbocycles. The van der Waals surface area contributed by atoms with Gasteiger partial charge in [-0.25, -0.2) is 0 Å². The molecule has 0 fully saturated rings. The van der Waals surface area contributed by atoms with Crippen molar-refractivity contribution in [2.45, 2.75) is 23.6 Å². The second-order valence-electron chi connectivity index (χ2n) is 7.87. The molecular weight excluding hydrogens is 456 g/mol. The van der Waals surface area contributed by atoms with Crippen molar-refractivity contribution in [3.8, 4) is 5.75 Å². The lowest BCUT2D eigenvalue weighted by molar-refractivity contribution is -0.570. The molecule has 0 atom stereocenters. The molecule has 0 unspecified atom stereocenters. The van der Waals surface area contributed by atoms with Gasteiger partial charge in [-0.05, 0) is 55.3 Å². The van der Waals surface area contributed by atoms with Crippen LogP contribution in [0.4, 0.5) is 11.4 Å². The maximum atomic E-state index is 11.7. The van der Waals surface area contributed by atoms with Gasteiger partial charge in [-0.15, -0.1) is 17.5 Å². The number of nitrogens with two attached hydrogens (primary N) is 1. The summed E-state index contributed by atoms with van der Waals surface area (Å²) >= 11 is 3.59. The van der Waals surface area contributed by atoms with Gasteiger partial charge in [-0.3, -0.25) is 0 Å². The van der Waals surface area contributed by atoms with Crippen LogP contribution in [0.15, 0.2) is 99.8 Å². The smallest absolute Gasteiger partial charge is 0.142 e. The molecule has 2 N–H and O–H groups in total. The zero-order valence-electron chi connectivity index (χ0n) is 19.6. The van der Waals surface area contributed by atoms with Crippen LogP contribution < -0.4 is 15.3 Å². The van der Waals surface area contributed by atoms with E-state index in [1.165, 1.54) is 26.7 Å². The van der Waals surface area contributed by atoms with Crippen LogP contribution in [-0.2, 0) is 0 Å². The predicted octanol–water partition coefficient (Wildman–Crippen LogP) is 6.27. The Kier molecular flexibility index (Phi) is 8.58. The Hall–Kier alpha value is -2.86. The van der Waals surface area contributed by atoms with E-state index in [2.05, 4.69) is 96.9 Å². The summed E-state index contributed by atoms with van der Waals surface area (Å²) in [4.78, 5) is 4.82. The largest absolute Gasteiger partial charge is 0.872 e. The lowest BCUT2D eigenvalue weighted by Gasteiger charge is -2.17. The van der Waals surface area contributed by atoms with Crippen LogP contribution in [0.25, 0.3) is 12.2 Å². The molecule has 0 aromatic heterocycles. The van der Waals surface area contributed by atoms with Gasteiger partial charge in [-0.1, -0.05) is 78.5 Å². The molecule has 0 amide bonds. The third kappa shape index (κ3) is 6.17. The summed E-state index contributed by atoms with van der Waals surface area (Å²) in [6.45, 7) is 6.15. The first-order chi connectivity index (χ1) is 16.7. The lowest BCUT2D eigenvalue weighted by Crippen LogP contribution is -2.77. The number of benzene rings is 3. The van der Waals surface area contributed by atoms with Crippen LogP contribution in [0.1, 0.15) is 25.0 Å². The summed E-state index contributed by atoms with van der Waals surface area (Å²) in [6.07, 6.45) is 10.9. The van der Waals surface area contributed by atoms with Crippen molar-refractivity contribution in [1.29, 1.82) is 0 Å². The van der Waals surface area contributed by atoms with Gasteiger partial charge in [0.05, 0.1) is 22.2 Å². The van der Waals surface area contributed by atoms with Crippen LogP contribution >= 0.6 is 23.5 Å². The monoisotopic (exact) mass is 486 g/mol. The molecule has 5 heteroatoms. The normalized spacial score (nSPS) is 14.5. The van der Waals surface area contributed by atoms with Crippen LogP contribution in [0.3, 0.4) is 0 Å². The summed E-state index contributed by atoms with van der Waals surface area (Å²) in [7, 11) is 0. The second kappa shape index (κ2) is 12.0. The number of anilines is 1. The Bertz CT molecular complexity index is 1200. The van der Waals surface area contributed by atoms with Crippen molar-refractivity contribution >= 4 is 47.1 Å². The van der Waals surface area contributed by atoms with E-state index in [9.17, 15) is 5.11 Å². The van der Waals surface area contributed by atoms with Crippen LogP contribution in [0.2, 0.25) is 0 Å². The highest BCUT2D eigenvalue weighted by atomic mass is 32.2. The van der Waals surface area contributed by atoms with Gasteiger partial charge in [0.15, 0.2) is 0 Å². The molecule has 0 bridgehead atoms. The van der Waals surface area contributed by atoms with E-state index in [0.717, 1.165) is 29.4 Å². The summed E-state index contributed by atoms with van der Waals surface area (Å²) < 4.78 is 0. The molecule has 3 aromatic carbocycles. The average Bonchev–Trinajstić information content (AvgIpc) is 3.21. The number of hydrogen-bond donors (Lipinski definition) is 1. The Morgan fingerprint density at radius 1 is 0.971 bits per heavy atom. The van der Waals surface area contributed by atoms with Crippen molar-refractivity contribution < 1.29 is 10.4 Å². The van der Waals surface area contributed by atoms with Gasteiger partial charge < -0.3 is 15.3 Å². The van der Waals surface area contributed by atoms with E-state index in [1.807, 2.05) is 23.9 Å². The molecular formula is C29H30N2OS2. The molecule has 1 aliphatic rings. The van der Waals surface area contributed by atoms with E-state index in [-0.39, 0.29) is 5.75 Å². The Balaban J connectivity index is 1.40. The van der Waals surface area contributed by atoms with Gasteiger partial charge in [0.25, 0.3) is 0 Å². The number of rotatable bonds is 9. The zero-order valence-corrected chi connectivity index (χ0v) is 21.2. The summed E-state index contributed by atoms with van der Waals surface area (Å²) in [6, 6.07) is 22.4. The van der Waals surface area contributed by atoms with Crippen molar-refractivity contribution in [3.63, 3.8) is 0 Å². The van der Waals surface area contributed by atoms with Crippen LogP contribution in [-0.4, -0.2) is 18.8 Å². The minimum Gasteiger partial charge on any atom is -0.872 e. The second-order valence-corrected chi connectivity index (χ2v) is 10.00. The fourth-order valence-electron chi connectivity index (χ4n) is 3.81. The molecule has 34 heavy (non-hydrogen) atoms. The highest BCUT2D eigenvalue weighted by Crippen LogP contribution is 2.46. The predicted molar refractivity (Wildman–Crippen MR) is 147 cm³/mol. The number of thioether (sulfide) groups is 2. The van der Waals surface area contributed by atoms with E-state index < -0.39 is 0 Å². The molecule has 0 saturated heterocycles. The number of quaternary nitrogens is 1. The fraction of sp³-hybridized carbons (Fsp3) is 0.172. The summed E-state index contributed by atoms with van der Waals surface area (Å²) in [5.41, 5.74) is 4.74. The standard InChI is InChI=1S/C29H30N2OS2/c1-3-30-25-21-24(32)16-18-27(25)33-19-9-8-12-29-31(4-2)26-17-15-23(20-28(26)34-29)14-13-22-10-6-5-7-11-22/h5-18,20-21,30,32H,3-4,19H2,1-2H3. The Labute approximate surface area is 211 Å². The highest BCUT2D eigenvalue weighted by molar-refractivity contribution is 8.03. The minimum absolute atomic E-state index is 0.0699. The topological polar surface area (TPSA) is 42.9 Å². The molecule has 4 rings (SSSR count). The summed E-state index contributed by atoms with van der Waals surface area (Å²) in [5.74, 6) is 0.936.